The molecule has 1 heterocycles. The summed E-state index contributed by atoms with van der Waals surface area (Å²) in [5.41, 5.74) is 0. The van der Waals surface area contributed by atoms with Gasteiger partial charge in [0.2, 0.25) is 10.0 Å². The molecular weight excluding hydrogens is 269 g/mol. The van der Waals surface area contributed by atoms with Gasteiger partial charge in [0.1, 0.15) is 17.7 Å². The van der Waals surface area contributed by atoms with E-state index in [1.165, 1.54) is 16.4 Å². The second kappa shape index (κ2) is 5.88. The molecule has 19 heavy (non-hydrogen) atoms. The smallest absolute Gasteiger partial charge is 0.213 e. The second-order valence-corrected chi connectivity index (χ2v) is 6.83. The fourth-order valence-electron chi connectivity index (χ4n) is 2.12. The van der Waals surface area contributed by atoms with E-state index in [-0.39, 0.29) is 17.7 Å². The van der Waals surface area contributed by atoms with E-state index in [1.54, 1.807) is 19.1 Å². The summed E-state index contributed by atoms with van der Waals surface area (Å²) in [7, 11) is -3.09. The Morgan fingerprint density at radius 3 is 2.37 bits per heavy atom. The van der Waals surface area contributed by atoms with Crippen LogP contribution in [-0.2, 0) is 10.0 Å². The summed E-state index contributed by atoms with van der Waals surface area (Å²) in [6, 6.07) is 5.88. The molecule has 0 radical (unpaired) electrons. The molecule has 0 saturated carbocycles. The van der Waals surface area contributed by atoms with Gasteiger partial charge in [0.25, 0.3) is 0 Å². The van der Waals surface area contributed by atoms with E-state index in [1.807, 2.05) is 0 Å². The van der Waals surface area contributed by atoms with Crippen molar-refractivity contribution >= 4 is 10.0 Å². The zero-order valence-corrected chi connectivity index (χ0v) is 11.7. The molecule has 1 aliphatic heterocycles. The third-order valence-electron chi connectivity index (χ3n) is 3.28. The van der Waals surface area contributed by atoms with Gasteiger partial charge < -0.3 is 4.74 Å². The Labute approximate surface area is 113 Å². The van der Waals surface area contributed by atoms with Crippen molar-refractivity contribution in [3.05, 3.63) is 30.1 Å². The third kappa shape index (κ3) is 3.67. The standard InChI is InChI=1S/C13H18FNO3S/c1-2-19(16,17)15-9-7-13(8-10-15)18-12-5-3-11(14)4-6-12/h3-6,13H,2,7-10H2,1H3. The zero-order valence-electron chi connectivity index (χ0n) is 10.9. The van der Waals surface area contributed by atoms with Crippen LogP contribution in [0.2, 0.25) is 0 Å². The van der Waals surface area contributed by atoms with Crippen molar-refractivity contribution < 1.29 is 17.5 Å². The van der Waals surface area contributed by atoms with Gasteiger partial charge in [-0.15, -0.1) is 0 Å². The van der Waals surface area contributed by atoms with E-state index in [2.05, 4.69) is 0 Å². The number of halogens is 1. The average molecular weight is 287 g/mol. The van der Waals surface area contributed by atoms with Crippen LogP contribution in [0.1, 0.15) is 19.8 Å². The summed E-state index contributed by atoms with van der Waals surface area (Å²) in [5.74, 6) is 0.464. The van der Waals surface area contributed by atoms with Crippen LogP contribution in [0.15, 0.2) is 24.3 Å². The van der Waals surface area contributed by atoms with Crippen molar-refractivity contribution in [1.29, 1.82) is 0 Å². The van der Waals surface area contributed by atoms with E-state index < -0.39 is 10.0 Å². The molecular formula is C13H18FNO3S. The minimum absolute atomic E-state index is 0.00577. The summed E-state index contributed by atoms with van der Waals surface area (Å²) in [5, 5.41) is 0. The van der Waals surface area contributed by atoms with E-state index in [9.17, 15) is 12.8 Å². The van der Waals surface area contributed by atoms with Gasteiger partial charge in [-0.3, -0.25) is 0 Å². The van der Waals surface area contributed by atoms with E-state index in [4.69, 9.17) is 4.74 Å². The van der Waals surface area contributed by atoms with Gasteiger partial charge >= 0.3 is 0 Å². The van der Waals surface area contributed by atoms with Gasteiger partial charge in [0.15, 0.2) is 0 Å². The first-order valence-electron chi connectivity index (χ1n) is 6.41. The van der Waals surface area contributed by atoms with Crippen LogP contribution < -0.4 is 4.74 Å². The fourth-order valence-corrected chi connectivity index (χ4v) is 3.25. The van der Waals surface area contributed by atoms with Gasteiger partial charge in [-0.25, -0.2) is 17.1 Å². The number of hydrogen-bond acceptors (Lipinski definition) is 3. The molecule has 2 rings (SSSR count). The van der Waals surface area contributed by atoms with E-state index >= 15 is 0 Å². The lowest BCUT2D eigenvalue weighted by Crippen LogP contribution is -2.42. The van der Waals surface area contributed by atoms with Crippen LogP contribution >= 0.6 is 0 Å². The second-order valence-electron chi connectivity index (χ2n) is 4.57. The molecule has 1 aromatic rings. The molecule has 4 nitrogen and oxygen atoms in total. The maximum Gasteiger partial charge on any atom is 0.213 e. The van der Waals surface area contributed by atoms with Crippen molar-refractivity contribution in [3.63, 3.8) is 0 Å². The predicted octanol–water partition coefficient (Wildman–Crippen LogP) is 2.02. The maximum absolute atomic E-state index is 12.8. The fraction of sp³-hybridized carbons (Fsp3) is 0.538. The number of piperidine rings is 1. The van der Waals surface area contributed by atoms with Gasteiger partial charge in [-0.1, -0.05) is 0 Å². The lowest BCUT2D eigenvalue weighted by atomic mass is 10.1. The molecule has 1 fully saturated rings. The number of hydrogen-bond donors (Lipinski definition) is 0. The van der Waals surface area contributed by atoms with E-state index in [0.29, 0.717) is 31.7 Å². The summed E-state index contributed by atoms with van der Waals surface area (Å²) in [4.78, 5) is 0. The van der Waals surface area contributed by atoms with Crippen LogP contribution in [0.25, 0.3) is 0 Å². The van der Waals surface area contributed by atoms with Crippen molar-refractivity contribution in [2.45, 2.75) is 25.9 Å². The van der Waals surface area contributed by atoms with Gasteiger partial charge in [0.05, 0.1) is 5.75 Å². The summed E-state index contributed by atoms with van der Waals surface area (Å²) in [6.07, 6.45) is 1.32. The quantitative estimate of drug-likeness (QED) is 0.851. The summed E-state index contributed by atoms with van der Waals surface area (Å²) < 4.78 is 43.4. The largest absolute Gasteiger partial charge is 0.490 e. The Hall–Kier alpha value is -1.14. The van der Waals surface area contributed by atoms with Crippen LogP contribution in [0.4, 0.5) is 4.39 Å². The topological polar surface area (TPSA) is 46.6 Å². The number of nitrogens with zero attached hydrogens (tertiary/aromatic N) is 1. The lowest BCUT2D eigenvalue weighted by molar-refractivity contribution is 0.135. The Bertz CT molecular complexity index is 507. The number of sulfonamides is 1. The van der Waals surface area contributed by atoms with Gasteiger partial charge in [-0.05, 0) is 44.0 Å². The Balaban J connectivity index is 1.89. The maximum atomic E-state index is 12.8. The molecule has 0 aromatic heterocycles. The highest BCUT2D eigenvalue weighted by atomic mass is 32.2. The summed E-state index contributed by atoms with van der Waals surface area (Å²) in [6.45, 7) is 2.63. The lowest BCUT2D eigenvalue weighted by Gasteiger charge is -2.31. The van der Waals surface area contributed by atoms with Gasteiger partial charge in [0, 0.05) is 13.1 Å². The highest BCUT2D eigenvalue weighted by Gasteiger charge is 2.27. The molecule has 0 amide bonds. The molecule has 0 unspecified atom stereocenters. The highest BCUT2D eigenvalue weighted by Crippen LogP contribution is 2.20. The normalized spacial score (nSPS) is 18.4. The zero-order chi connectivity index (χ0) is 13.9. The first-order chi connectivity index (χ1) is 9.01. The predicted molar refractivity (Wildman–Crippen MR) is 71.1 cm³/mol. The van der Waals surface area contributed by atoms with Crippen molar-refractivity contribution in [1.82, 2.24) is 4.31 Å². The SMILES string of the molecule is CCS(=O)(=O)N1CCC(Oc2ccc(F)cc2)CC1. The molecule has 1 aliphatic rings. The highest BCUT2D eigenvalue weighted by molar-refractivity contribution is 7.89. The number of benzene rings is 1. The molecule has 1 saturated heterocycles. The molecule has 106 valence electrons. The van der Waals surface area contributed by atoms with Crippen LogP contribution in [0.3, 0.4) is 0 Å². The van der Waals surface area contributed by atoms with Crippen LogP contribution in [-0.4, -0.2) is 37.7 Å². The summed E-state index contributed by atoms with van der Waals surface area (Å²) >= 11 is 0. The Morgan fingerprint density at radius 1 is 1.26 bits per heavy atom. The third-order valence-corrected chi connectivity index (χ3v) is 5.16. The number of ether oxygens (including phenoxy) is 1. The Kier molecular flexibility index (Phi) is 4.42. The first-order valence-corrected chi connectivity index (χ1v) is 8.02. The molecule has 0 aliphatic carbocycles. The molecule has 6 heteroatoms. The van der Waals surface area contributed by atoms with Gasteiger partial charge in [-0.2, -0.15) is 0 Å². The Morgan fingerprint density at radius 2 is 1.84 bits per heavy atom. The monoisotopic (exact) mass is 287 g/mol. The van der Waals surface area contributed by atoms with Crippen LogP contribution in [0.5, 0.6) is 5.75 Å². The van der Waals surface area contributed by atoms with Crippen molar-refractivity contribution in [2.75, 3.05) is 18.8 Å². The van der Waals surface area contributed by atoms with E-state index in [0.717, 1.165) is 0 Å². The average Bonchev–Trinajstić information content (AvgIpc) is 2.42. The molecule has 0 N–H and O–H groups in total. The minimum atomic E-state index is -3.09. The van der Waals surface area contributed by atoms with Crippen molar-refractivity contribution in [2.24, 2.45) is 0 Å². The number of rotatable bonds is 4. The van der Waals surface area contributed by atoms with Crippen LogP contribution in [0, 0.1) is 5.82 Å². The minimum Gasteiger partial charge on any atom is -0.490 e. The first kappa shape index (κ1) is 14.3. The molecule has 0 atom stereocenters. The molecule has 0 spiro atoms. The van der Waals surface area contributed by atoms with Crippen molar-refractivity contribution in [3.8, 4) is 5.75 Å². The molecule has 1 aromatic carbocycles. The molecule has 0 bridgehead atoms.